The number of aliphatic hydroxyl groups is 1. The first-order valence-corrected chi connectivity index (χ1v) is 6.24. The summed E-state index contributed by atoms with van der Waals surface area (Å²) in [6.45, 7) is -0.0472. The number of hydrogen-bond donors (Lipinski definition) is 2. The fourth-order valence-corrected chi connectivity index (χ4v) is 2.52. The third kappa shape index (κ3) is 1.94. The first kappa shape index (κ1) is 11.4. The molecule has 2 aromatic rings. The van der Waals surface area contributed by atoms with E-state index in [9.17, 15) is 0 Å². The van der Waals surface area contributed by atoms with Crippen molar-refractivity contribution in [2.45, 2.75) is 24.4 Å². The third-order valence-corrected chi connectivity index (χ3v) is 3.61. The summed E-state index contributed by atoms with van der Waals surface area (Å²) in [6, 6.07) is 10.6. The van der Waals surface area contributed by atoms with Gasteiger partial charge >= 0.3 is 0 Å². The van der Waals surface area contributed by atoms with Gasteiger partial charge in [0.25, 0.3) is 0 Å². The van der Waals surface area contributed by atoms with E-state index in [1.807, 2.05) is 12.4 Å². The van der Waals surface area contributed by atoms with E-state index in [1.165, 1.54) is 5.56 Å². The fraction of sp³-hybridized carbons (Fsp3) is 0.357. The van der Waals surface area contributed by atoms with Crippen LogP contribution in [0.1, 0.15) is 35.7 Å². The molecule has 3 rings (SSSR count). The largest absolute Gasteiger partial charge is 0.394 e. The lowest BCUT2D eigenvalue weighted by Gasteiger charge is -2.12. The molecular weight excluding hydrogens is 226 g/mol. The average molecular weight is 243 g/mol. The third-order valence-electron chi connectivity index (χ3n) is 3.61. The zero-order valence-electron chi connectivity index (χ0n) is 10.1. The van der Waals surface area contributed by atoms with Gasteiger partial charge in [-0.05, 0) is 12.0 Å². The Labute approximate surface area is 106 Å². The SMILES string of the molecule is NC(CO)c1cncn1C1CC1c1ccccc1. The van der Waals surface area contributed by atoms with Gasteiger partial charge < -0.3 is 15.4 Å². The molecule has 1 aromatic heterocycles. The maximum atomic E-state index is 9.15. The Balaban J connectivity index is 1.81. The standard InChI is InChI=1S/C14H17N3O/c15-12(8-18)14-7-16-9-17(14)13-6-11(13)10-4-2-1-3-5-10/h1-5,7,9,11-13,18H,6,8,15H2. The molecular formula is C14H17N3O. The summed E-state index contributed by atoms with van der Waals surface area (Å²) in [5, 5.41) is 9.15. The maximum Gasteiger partial charge on any atom is 0.0951 e. The first-order chi connectivity index (χ1) is 8.81. The van der Waals surface area contributed by atoms with Crippen LogP contribution in [0.2, 0.25) is 0 Å². The van der Waals surface area contributed by atoms with Crippen LogP contribution in [-0.2, 0) is 0 Å². The summed E-state index contributed by atoms with van der Waals surface area (Å²) in [7, 11) is 0. The lowest BCUT2D eigenvalue weighted by molar-refractivity contribution is 0.263. The van der Waals surface area contributed by atoms with Crippen molar-refractivity contribution in [1.82, 2.24) is 9.55 Å². The lowest BCUT2D eigenvalue weighted by atomic mass is 10.1. The van der Waals surface area contributed by atoms with E-state index < -0.39 is 0 Å². The van der Waals surface area contributed by atoms with Crippen LogP contribution in [0.15, 0.2) is 42.9 Å². The van der Waals surface area contributed by atoms with Gasteiger partial charge in [0.05, 0.1) is 24.7 Å². The molecule has 0 amide bonds. The van der Waals surface area contributed by atoms with Crippen molar-refractivity contribution in [3.8, 4) is 0 Å². The molecule has 1 fully saturated rings. The minimum absolute atomic E-state index is 0.0472. The number of nitrogens with zero attached hydrogens (tertiary/aromatic N) is 2. The quantitative estimate of drug-likeness (QED) is 0.857. The van der Waals surface area contributed by atoms with E-state index >= 15 is 0 Å². The molecule has 3 atom stereocenters. The van der Waals surface area contributed by atoms with Crippen LogP contribution in [0, 0.1) is 0 Å². The molecule has 0 spiro atoms. The maximum absolute atomic E-state index is 9.15. The highest BCUT2D eigenvalue weighted by molar-refractivity contribution is 5.28. The highest BCUT2D eigenvalue weighted by atomic mass is 16.3. The van der Waals surface area contributed by atoms with E-state index in [-0.39, 0.29) is 12.6 Å². The molecule has 0 radical (unpaired) electrons. The van der Waals surface area contributed by atoms with Crippen molar-refractivity contribution in [2.24, 2.45) is 5.73 Å². The number of nitrogens with two attached hydrogens (primary N) is 1. The molecule has 1 aliphatic rings. The first-order valence-electron chi connectivity index (χ1n) is 6.24. The number of aromatic nitrogens is 2. The zero-order chi connectivity index (χ0) is 12.5. The normalized spacial score (nSPS) is 23.9. The van der Waals surface area contributed by atoms with Gasteiger partial charge in [0, 0.05) is 18.2 Å². The Kier molecular flexibility index (Phi) is 2.89. The smallest absolute Gasteiger partial charge is 0.0951 e. The zero-order valence-corrected chi connectivity index (χ0v) is 10.1. The van der Waals surface area contributed by atoms with Crippen LogP contribution in [-0.4, -0.2) is 21.3 Å². The van der Waals surface area contributed by atoms with Crippen LogP contribution in [0.3, 0.4) is 0 Å². The van der Waals surface area contributed by atoms with Crippen molar-refractivity contribution in [1.29, 1.82) is 0 Å². The molecule has 94 valence electrons. The number of rotatable bonds is 4. The predicted molar refractivity (Wildman–Crippen MR) is 69.1 cm³/mol. The van der Waals surface area contributed by atoms with Gasteiger partial charge in [-0.1, -0.05) is 30.3 Å². The molecule has 1 heterocycles. The van der Waals surface area contributed by atoms with Crippen molar-refractivity contribution in [3.05, 3.63) is 54.1 Å². The molecule has 3 unspecified atom stereocenters. The van der Waals surface area contributed by atoms with E-state index in [1.54, 1.807) is 6.20 Å². The molecule has 1 aliphatic carbocycles. The Morgan fingerprint density at radius 1 is 1.39 bits per heavy atom. The summed E-state index contributed by atoms with van der Waals surface area (Å²) in [4.78, 5) is 4.15. The van der Waals surface area contributed by atoms with Crippen LogP contribution < -0.4 is 5.73 Å². The molecule has 0 saturated heterocycles. The Hall–Kier alpha value is -1.65. The van der Waals surface area contributed by atoms with Gasteiger partial charge in [0.15, 0.2) is 0 Å². The molecule has 4 heteroatoms. The van der Waals surface area contributed by atoms with E-state index in [0.717, 1.165) is 12.1 Å². The number of imidazole rings is 1. The van der Waals surface area contributed by atoms with Crippen molar-refractivity contribution >= 4 is 0 Å². The molecule has 3 N–H and O–H groups in total. The number of aliphatic hydroxyl groups excluding tert-OH is 1. The van der Waals surface area contributed by atoms with Crippen LogP contribution in [0.4, 0.5) is 0 Å². The van der Waals surface area contributed by atoms with Crippen LogP contribution in [0.25, 0.3) is 0 Å². The van der Waals surface area contributed by atoms with Crippen LogP contribution >= 0.6 is 0 Å². The summed E-state index contributed by atoms with van der Waals surface area (Å²) < 4.78 is 2.11. The second-order valence-corrected chi connectivity index (χ2v) is 4.84. The molecule has 0 bridgehead atoms. The van der Waals surface area contributed by atoms with Crippen molar-refractivity contribution < 1.29 is 5.11 Å². The second kappa shape index (κ2) is 4.55. The Bertz CT molecular complexity index is 523. The Morgan fingerprint density at radius 2 is 2.17 bits per heavy atom. The average Bonchev–Trinajstić information content (AvgIpc) is 3.08. The Morgan fingerprint density at radius 3 is 2.89 bits per heavy atom. The van der Waals surface area contributed by atoms with Gasteiger partial charge in [0.2, 0.25) is 0 Å². The molecule has 1 saturated carbocycles. The summed E-state index contributed by atoms with van der Waals surface area (Å²) in [5.74, 6) is 0.546. The minimum atomic E-state index is -0.343. The monoisotopic (exact) mass is 243 g/mol. The number of benzene rings is 1. The van der Waals surface area contributed by atoms with Gasteiger partial charge in [-0.3, -0.25) is 0 Å². The summed E-state index contributed by atoms with van der Waals surface area (Å²) >= 11 is 0. The topological polar surface area (TPSA) is 64.1 Å². The summed E-state index contributed by atoms with van der Waals surface area (Å²) in [6.07, 6.45) is 4.69. The van der Waals surface area contributed by atoms with Crippen LogP contribution in [0.5, 0.6) is 0 Å². The van der Waals surface area contributed by atoms with E-state index in [2.05, 4.69) is 33.8 Å². The molecule has 1 aromatic carbocycles. The van der Waals surface area contributed by atoms with Gasteiger partial charge in [-0.15, -0.1) is 0 Å². The molecule has 4 nitrogen and oxygen atoms in total. The van der Waals surface area contributed by atoms with Crippen molar-refractivity contribution in [3.63, 3.8) is 0 Å². The second-order valence-electron chi connectivity index (χ2n) is 4.84. The minimum Gasteiger partial charge on any atom is -0.394 e. The van der Waals surface area contributed by atoms with Gasteiger partial charge in [-0.25, -0.2) is 4.98 Å². The highest BCUT2D eigenvalue weighted by Crippen LogP contribution is 2.51. The lowest BCUT2D eigenvalue weighted by Crippen LogP contribution is -2.18. The fourth-order valence-electron chi connectivity index (χ4n) is 2.52. The summed E-state index contributed by atoms with van der Waals surface area (Å²) in [5.41, 5.74) is 8.16. The molecule has 18 heavy (non-hydrogen) atoms. The van der Waals surface area contributed by atoms with Gasteiger partial charge in [-0.2, -0.15) is 0 Å². The van der Waals surface area contributed by atoms with E-state index in [0.29, 0.717) is 12.0 Å². The molecule has 0 aliphatic heterocycles. The highest BCUT2D eigenvalue weighted by Gasteiger charge is 2.40. The van der Waals surface area contributed by atoms with E-state index in [4.69, 9.17) is 10.8 Å². The predicted octanol–water partition coefficient (Wildman–Crippen LogP) is 1.60. The van der Waals surface area contributed by atoms with Crippen molar-refractivity contribution in [2.75, 3.05) is 6.61 Å². The number of hydrogen-bond acceptors (Lipinski definition) is 3. The van der Waals surface area contributed by atoms with Gasteiger partial charge in [0.1, 0.15) is 0 Å².